The zero-order valence-corrected chi connectivity index (χ0v) is 15.9. The van der Waals surface area contributed by atoms with Crippen LogP contribution in [0.5, 0.6) is 0 Å². The SMILES string of the molecule is C=CC(=CC1=CCN(C(=O)C(=C)C(O)CC(=CC(C)C)OC)C1)C1CO1. The summed E-state index contributed by atoms with van der Waals surface area (Å²) in [6.45, 7) is 13.4. The highest BCUT2D eigenvalue weighted by molar-refractivity contribution is 5.94. The molecular formula is C21H29NO4. The van der Waals surface area contributed by atoms with Crippen molar-refractivity contribution >= 4 is 5.91 Å². The van der Waals surface area contributed by atoms with Gasteiger partial charge in [0.2, 0.25) is 0 Å². The van der Waals surface area contributed by atoms with Crippen LogP contribution in [0.4, 0.5) is 0 Å². The van der Waals surface area contributed by atoms with Crippen LogP contribution >= 0.6 is 0 Å². The van der Waals surface area contributed by atoms with Crippen LogP contribution in [0, 0.1) is 5.92 Å². The number of amides is 1. The van der Waals surface area contributed by atoms with Gasteiger partial charge in [0.05, 0.1) is 25.6 Å². The number of carbonyl (C=O) groups excluding carboxylic acids is 1. The van der Waals surface area contributed by atoms with E-state index in [-0.39, 0.29) is 24.0 Å². The van der Waals surface area contributed by atoms with Crippen molar-refractivity contribution in [2.24, 2.45) is 5.92 Å². The van der Waals surface area contributed by atoms with E-state index in [9.17, 15) is 9.90 Å². The molecule has 0 spiro atoms. The fraction of sp³-hybridized carbons (Fsp3) is 0.476. The molecule has 2 rings (SSSR count). The summed E-state index contributed by atoms with van der Waals surface area (Å²) in [7, 11) is 1.56. The Bertz CT molecular complexity index is 653. The molecule has 0 radical (unpaired) electrons. The number of nitrogens with zero attached hydrogens (tertiary/aromatic N) is 1. The molecule has 0 bridgehead atoms. The standard InChI is InChI=1S/C21H29NO4/c1-6-17(20-13-26-20)10-16-7-8-22(12-16)21(24)15(4)19(23)11-18(25-5)9-14(2)3/h6-7,9-10,14,19-20,23H,1,4,8,11-13H2,2-3,5H3. The molecule has 26 heavy (non-hydrogen) atoms. The van der Waals surface area contributed by atoms with E-state index in [4.69, 9.17) is 9.47 Å². The second-order valence-electron chi connectivity index (χ2n) is 6.96. The average Bonchev–Trinajstić information content (AvgIpc) is 3.35. The van der Waals surface area contributed by atoms with Gasteiger partial charge < -0.3 is 19.5 Å². The first-order valence-electron chi connectivity index (χ1n) is 8.91. The van der Waals surface area contributed by atoms with Gasteiger partial charge in [-0.05, 0) is 23.1 Å². The third-order valence-corrected chi connectivity index (χ3v) is 4.38. The topological polar surface area (TPSA) is 62.3 Å². The van der Waals surface area contributed by atoms with E-state index in [1.807, 2.05) is 32.1 Å². The lowest BCUT2D eigenvalue weighted by Gasteiger charge is -2.21. The number of allylic oxidation sites excluding steroid dienone is 1. The van der Waals surface area contributed by atoms with Crippen LogP contribution in [0.25, 0.3) is 0 Å². The molecular weight excluding hydrogens is 330 g/mol. The average molecular weight is 359 g/mol. The molecule has 5 heteroatoms. The Labute approximate surface area is 156 Å². The molecule has 142 valence electrons. The maximum atomic E-state index is 12.6. The highest BCUT2D eigenvalue weighted by Gasteiger charge is 2.28. The van der Waals surface area contributed by atoms with Gasteiger partial charge in [-0.2, -0.15) is 0 Å². The Hall–Kier alpha value is -2.11. The number of epoxide rings is 1. The van der Waals surface area contributed by atoms with Crippen molar-refractivity contribution in [3.63, 3.8) is 0 Å². The maximum Gasteiger partial charge on any atom is 0.252 e. The first kappa shape index (κ1) is 20.2. The molecule has 1 fully saturated rings. The summed E-state index contributed by atoms with van der Waals surface area (Å²) in [6, 6.07) is 0. The molecule has 2 unspecified atom stereocenters. The van der Waals surface area contributed by atoms with Gasteiger partial charge in [-0.25, -0.2) is 0 Å². The van der Waals surface area contributed by atoms with E-state index in [0.29, 0.717) is 24.8 Å². The van der Waals surface area contributed by atoms with Crippen molar-refractivity contribution in [2.45, 2.75) is 32.5 Å². The van der Waals surface area contributed by atoms with Gasteiger partial charge in [-0.15, -0.1) is 0 Å². The minimum absolute atomic E-state index is 0.134. The minimum atomic E-state index is -0.962. The largest absolute Gasteiger partial charge is 0.501 e. The van der Waals surface area contributed by atoms with Crippen LogP contribution in [0.1, 0.15) is 20.3 Å². The predicted octanol–water partition coefficient (Wildman–Crippen LogP) is 2.76. The molecule has 0 saturated carbocycles. The first-order valence-corrected chi connectivity index (χ1v) is 8.91. The van der Waals surface area contributed by atoms with Gasteiger partial charge in [0.15, 0.2) is 0 Å². The molecule has 5 nitrogen and oxygen atoms in total. The molecule has 0 aromatic rings. The fourth-order valence-corrected chi connectivity index (χ4v) is 2.82. The highest BCUT2D eigenvalue weighted by atomic mass is 16.6. The van der Waals surface area contributed by atoms with Gasteiger partial charge >= 0.3 is 0 Å². The molecule has 2 atom stereocenters. The second-order valence-corrected chi connectivity index (χ2v) is 6.96. The zero-order valence-electron chi connectivity index (χ0n) is 15.9. The Kier molecular flexibility index (Phi) is 7.00. The van der Waals surface area contributed by atoms with Gasteiger partial charge in [-0.3, -0.25) is 4.79 Å². The molecule has 0 aromatic heterocycles. The number of methoxy groups -OCH3 is 1. The number of aliphatic hydroxyl groups is 1. The molecule has 2 aliphatic heterocycles. The smallest absolute Gasteiger partial charge is 0.252 e. The molecule has 1 saturated heterocycles. The number of rotatable bonds is 9. The maximum absolute atomic E-state index is 12.6. The molecule has 1 N–H and O–H groups in total. The number of hydrogen-bond acceptors (Lipinski definition) is 4. The predicted molar refractivity (Wildman–Crippen MR) is 102 cm³/mol. The lowest BCUT2D eigenvalue weighted by atomic mass is 10.0. The highest BCUT2D eigenvalue weighted by Crippen LogP contribution is 2.24. The van der Waals surface area contributed by atoms with Crippen LogP contribution in [0.2, 0.25) is 0 Å². The van der Waals surface area contributed by atoms with E-state index < -0.39 is 6.10 Å². The second kappa shape index (κ2) is 9.01. The molecule has 2 aliphatic rings. The van der Waals surface area contributed by atoms with Crippen molar-refractivity contribution in [1.82, 2.24) is 4.90 Å². The summed E-state index contributed by atoms with van der Waals surface area (Å²) in [5, 5.41) is 10.4. The van der Waals surface area contributed by atoms with Crippen molar-refractivity contribution in [1.29, 1.82) is 0 Å². The lowest BCUT2D eigenvalue weighted by Crippen LogP contribution is -2.34. The van der Waals surface area contributed by atoms with Crippen molar-refractivity contribution < 1.29 is 19.4 Å². The molecule has 2 heterocycles. The van der Waals surface area contributed by atoms with E-state index in [1.54, 1.807) is 18.1 Å². The fourth-order valence-electron chi connectivity index (χ4n) is 2.82. The number of carbonyl (C=O) groups is 1. The van der Waals surface area contributed by atoms with Crippen molar-refractivity contribution in [3.8, 4) is 0 Å². The van der Waals surface area contributed by atoms with Crippen LogP contribution in [0.15, 0.2) is 59.9 Å². The summed E-state index contributed by atoms with van der Waals surface area (Å²) >= 11 is 0. The Morgan fingerprint density at radius 2 is 2.23 bits per heavy atom. The van der Waals surface area contributed by atoms with Gasteiger partial charge in [0.25, 0.3) is 5.91 Å². The minimum Gasteiger partial charge on any atom is -0.501 e. The van der Waals surface area contributed by atoms with Crippen LogP contribution in [0.3, 0.4) is 0 Å². The quantitative estimate of drug-likeness (QED) is 0.298. The third-order valence-electron chi connectivity index (χ3n) is 4.38. The Morgan fingerprint density at radius 3 is 2.77 bits per heavy atom. The summed E-state index contributed by atoms with van der Waals surface area (Å²) in [5.74, 6) is 0.720. The summed E-state index contributed by atoms with van der Waals surface area (Å²) in [6.07, 6.45) is 7.16. The first-order chi connectivity index (χ1) is 12.3. The lowest BCUT2D eigenvalue weighted by molar-refractivity contribution is -0.126. The normalized spacial score (nSPS) is 21.5. The van der Waals surface area contributed by atoms with Crippen LogP contribution in [-0.2, 0) is 14.3 Å². The summed E-state index contributed by atoms with van der Waals surface area (Å²) < 4.78 is 10.6. The number of aliphatic hydroxyl groups excluding tert-OH is 1. The van der Waals surface area contributed by atoms with Crippen LogP contribution in [-0.4, -0.2) is 54.9 Å². The van der Waals surface area contributed by atoms with Crippen LogP contribution < -0.4 is 0 Å². The number of ether oxygens (including phenoxy) is 2. The van der Waals surface area contributed by atoms with Crippen molar-refractivity contribution in [2.75, 3.05) is 26.8 Å². The third kappa shape index (κ3) is 5.44. The van der Waals surface area contributed by atoms with Gasteiger partial charge in [0, 0.05) is 25.1 Å². The van der Waals surface area contributed by atoms with E-state index in [1.165, 1.54) is 0 Å². The number of hydrogen-bond donors (Lipinski definition) is 1. The molecule has 0 aliphatic carbocycles. The van der Waals surface area contributed by atoms with E-state index >= 15 is 0 Å². The van der Waals surface area contributed by atoms with E-state index in [0.717, 1.165) is 17.8 Å². The van der Waals surface area contributed by atoms with Gasteiger partial charge in [-0.1, -0.05) is 45.2 Å². The van der Waals surface area contributed by atoms with Gasteiger partial charge in [0.1, 0.15) is 6.10 Å². The zero-order chi connectivity index (χ0) is 19.3. The molecule has 1 amide bonds. The molecule has 0 aromatic carbocycles. The Morgan fingerprint density at radius 1 is 1.54 bits per heavy atom. The monoisotopic (exact) mass is 359 g/mol. The van der Waals surface area contributed by atoms with Crippen molar-refractivity contribution in [3.05, 3.63) is 59.9 Å². The summed E-state index contributed by atoms with van der Waals surface area (Å²) in [4.78, 5) is 14.3. The summed E-state index contributed by atoms with van der Waals surface area (Å²) in [5.41, 5.74) is 2.26. The van der Waals surface area contributed by atoms with E-state index in [2.05, 4.69) is 13.2 Å². The Balaban J connectivity index is 1.93.